The molecule has 3 rings (SSSR count). The van der Waals surface area contributed by atoms with Crippen LogP contribution in [0, 0.1) is 0 Å². The molecule has 1 saturated carbocycles. The molecular weight excluding hydrogens is 308 g/mol. The van der Waals surface area contributed by atoms with Gasteiger partial charge in [-0.25, -0.2) is 8.42 Å². The molecule has 21 heavy (non-hydrogen) atoms. The summed E-state index contributed by atoms with van der Waals surface area (Å²) in [5.41, 5.74) is 0.585. The Labute approximate surface area is 129 Å². The zero-order valence-electron chi connectivity index (χ0n) is 12.4. The van der Waals surface area contributed by atoms with Crippen molar-refractivity contribution < 1.29 is 13.2 Å². The Kier molecular flexibility index (Phi) is 3.24. The first-order valence-corrected chi connectivity index (χ1v) is 9.80. The van der Waals surface area contributed by atoms with Gasteiger partial charge in [0.2, 0.25) is 5.91 Å². The number of hydrogen-bond acceptors (Lipinski definition) is 5. The van der Waals surface area contributed by atoms with Crippen LogP contribution in [0.3, 0.4) is 0 Å². The van der Waals surface area contributed by atoms with Gasteiger partial charge in [0.15, 0.2) is 9.84 Å². The summed E-state index contributed by atoms with van der Waals surface area (Å²) in [6, 6.07) is 1.98. The van der Waals surface area contributed by atoms with E-state index in [1.807, 2.05) is 16.8 Å². The van der Waals surface area contributed by atoms with Crippen LogP contribution in [0.4, 0.5) is 0 Å². The lowest BCUT2D eigenvalue weighted by Gasteiger charge is -2.32. The highest BCUT2D eigenvalue weighted by atomic mass is 32.2. The molecule has 1 aliphatic heterocycles. The summed E-state index contributed by atoms with van der Waals surface area (Å²) in [5, 5.41) is 7.38. The van der Waals surface area contributed by atoms with E-state index in [-0.39, 0.29) is 18.6 Å². The molecule has 1 unspecified atom stereocenters. The van der Waals surface area contributed by atoms with Crippen LogP contribution >= 0.6 is 11.3 Å². The third-order valence-corrected chi connectivity index (χ3v) is 7.40. The molecule has 1 aromatic heterocycles. The molecule has 5 nitrogen and oxygen atoms in total. The summed E-state index contributed by atoms with van der Waals surface area (Å²) in [4.78, 5) is 14.4. The Bertz CT molecular complexity index is 660. The van der Waals surface area contributed by atoms with Crippen LogP contribution in [0.5, 0.6) is 0 Å². The minimum atomic E-state index is -3.24. The van der Waals surface area contributed by atoms with Crippen LogP contribution in [-0.4, -0.2) is 42.3 Å². The van der Waals surface area contributed by atoms with Crippen LogP contribution in [-0.2, 0) is 14.6 Å². The van der Waals surface area contributed by atoms with Gasteiger partial charge in [-0.05, 0) is 49.1 Å². The third kappa shape index (κ3) is 2.41. The largest absolute Gasteiger partial charge is 0.320 e. The number of carbonyl (C=O) groups is 1. The molecule has 0 aromatic carbocycles. The molecule has 1 atom stereocenters. The predicted octanol–water partition coefficient (Wildman–Crippen LogP) is 1.53. The number of thiophene rings is 1. The van der Waals surface area contributed by atoms with Crippen molar-refractivity contribution in [2.75, 3.05) is 12.8 Å². The van der Waals surface area contributed by atoms with Crippen molar-refractivity contribution in [1.82, 2.24) is 10.2 Å². The van der Waals surface area contributed by atoms with E-state index in [9.17, 15) is 13.2 Å². The topological polar surface area (TPSA) is 66.5 Å². The van der Waals surface area contributed by atoms with Crippen LogP contribution < -0.4 is 5.32 Å². The number of rotatable bonds is 4. The zero-order valence-corrected chi connectivity index (χ0v) is 14.1. The minimum Gasteiger partial charge on any atom is -0.320 e. The fraction of sp³-hybridized carbons (Fsp3) is 0.643. The Morgan fingerprint density at radius 1 is 1.48 bits per heavy atom. The van der Waals surface area contributed by atoms with Crippen LogP contribution in [0.1, 0.15) is 38.4 Å². The van der Waals surface area contributed by atoms with Crippen molar-refractivity contribution in [2.24, 2.45) is 0 Å². The highest BCUT2D eigenvalue weighted by molar-refractivity contribution is 7.92. The molecule has 2 heterocycles. The number of hydrogen-bond donors (Lipinski definition) is 1. The first-order valence-electron chi connectivity index (χ1n) is 6.97. The average molecular weight is 328 g/mol. The molecule has 2 aliphatic rings. The third-order valence-electron chi connectivity index (χ3n) is 4.56. The smallest absolute Gasteiger partial charge is 0.244 e. The normalized spacial score (nSPS) is 24.8. The van der Waals surface area contributed by atoms with E-state index in [2.05, 4.69) is 5.32 Å². The van der Waals surface area contributed by atoms with Crippen LogP contribution in [0.15, 0.2) is 16.8 Å². The van der Waals surface area contributed by atoms with Crippen molar-refractivity contribution in [2.45, 2.75) is 43.1 Å². The standard InChI is InChI=1S/C14H20N2O3S2/c1-13(2,21(3,18)19)9-16-11(10-4-7-20-8-10)15-14(5-6-14)12(16)17/h4,7-8,11,15H,5-6,9H2,1-3H3. The summed E-state index contributed by atoms with van der Waals surface area (Å²) in [7, 11) is -3.24. The quantitative estimate of drug-likeness (QED) is 0.910. The SMILES string of the molecule is CC(C)(CN1C(=O)C2(CC2)NC1c1ccsc1)S(C)(=O)=O. The summed E-state index contributed by atoms with van der Waals surface area (Å²) in [6.45, 7) is 3.57. The van der Waals surface area contributed by atoms with Gasteiger partial charge in [-0.2, -0.15) is 11.3 Å². The molecule has 0 bridgehead atoms. The second kappa shape index (κ2) is 4.54. The van der Waals surface area contributed by atoms with Crippen molar-refractivity contribution in [3.05, 3.63) is 22.4 Å². The van der Waals surface area contributed by atoms with Crippen LogP contribution in [0.25, 0.3) is 0 Å². The van der Waals surface area contributed by atoms with Gasteiger partial charge < -0.3 is 4.90 Å². The number of nitrogens with zero attached hydrogens (tertiary/aromatic N) is 1. The number of nitrogens with one attached hydrogen (secondary N) is 1. The first kappa shape index (κ1) is 15.0. The molecule has 1 spiro atoms. The maximum absolute atomic E-state index is 12.7. The molecule has 1 aliphatic carbocycles. The summed E-state index contributed by atoms with van der Waals surface area (Å²) < 4.78 is 23.0. The molecule has 1 saturated heterocycles. The maximum Gasteiger partial charge on any atom is 0.244 e. The Balaban J connectivity index is 1.92. The molecule has 116 valence electrons. The van der Waals surface area contributed by atoms with Crippen LogP contribution in [0.2, 0.25) is 0 Å². The Morgan fingerprint density at radius 3 is 2.62 bits per heavy atom. The van der Waals surface area contributed by atoms with E-state index in [1.54, 1.807) is 30.1 Å². The van der Waals surface area contributed by atoms with E-state index in [0.29, 0.717) is 0 Å². The van der Waals surface area contributed by atoms with Gasteiger partial charge in [0.05, 0.1) is 4.75 Å². The molecule has 7 heteroatoms. The Morgan fingerprint density at radius 2 is 2.14 bits per heavy atom. The number of amides is 1. The fourth-order valence-corrected chi connectivity index (χ4v) is 3.71. The summed E-state index contributed by atoms with van der Waals surface area (Å²) in [5.74, 6) is 0.0374. The van der Waals surface area contributed by atoms with Gasteiger partial charge in [0, 0.05) is 12.8 Å². The van der Waals surface area contributed by atoms with Crippen molar-refractivity contribution in [3.63, 3.8) is 0 Å². The fourth-order valence-electron chi connectivity index (χ4n) is 2.66. The molecule has 1 aromatic rings. The number of carbonyl (C=O) groups excluding carboxylic acids is 1. The molecule has 1 N–H and O–H groups in total. The van der Waals surface area contributed by atoms with Gasteiger partial charge in [-0.3, -0.25) is 10.1 Å². The maximum atomic E-state index is 12.7. The van der Waals surface area contributed by atoms with E-state index < -0.39 is 20.1 Å². The molecule has 0 radical (unpaired) electrons. The highest BCUT2D eigenvalue weighted by Crippen LogP contribution is 2.46. The van der Waals surface area contributed by atoms with Gasteiger partial charge in [-0.1, -0.05) is 0 Å². The van der Waals surface area contributed by atoms with E-state index in [0.717, 1.165) is 18.4 Å². The van der Waals surface area contributed by atoms with Gasteiger partial charge >= 0.3 is 0 Å². The number of sulfone groups is 1. The van der Waals surface area contributed by atoms with Gasteiger partial charge in [0.25, 0.3) is 0 Å². The average Bonchev–Trinajstić information content (AvgIpc) is 2.85. The zero-order chi connectivity index (χ0) is 15.5. The van der Waals surface area contributed by atoms with E-state index in [1.165, 1.54) is 6.26 Å². The van der Waals surface area contributed by atoms with Crippen molar-refractivity contribution in [1.29, 1.82) is 0 Å². The predicted molar refractivity (Wildman–Crippen MR) is 82.8 cm³/mol. The first-order chi connectivity index (χ1) is 9.66. The van der Waals surface area contributed by atoms with Crippen molar-refractivity contribution in [3.8, 4) is 0 Å². The Hall–Kier alpha value is -0.920. The lowest BCUT2D eigenvalue weighted by Crippen LogP contribution is -2.46. The van der Waals surface area contributed by atoms with Gasteiger partial charge in [-0.15, -0.1) is 0 Å². The van der Waals surface area contributed by atoms with Gasteiger partial charge in [0.1, 0.15) is 11.7 Å². The lowest BCUT2D eigenvalue weighted by molar-refractivity contribution is -0.131. The molecule has 2 fully saturated rings. The second-order valence-electron chi connectivity index (χ2n) is 6.65. The minimum absolute atomic E-state index is 0.0374. The van der Waals surface area contributed by atoms with E-state index in [4.69, 9.17) is 0 Å². The highest BCUT2D eigenvalue weighted by Gasteiger charge is 2.60. The lowest BCUT2D eigenvalue weighted by atomic mass is 10.1. The summed E-state index contributed by atoms with van der Waals surface area (Å²) >= 11 is 1.58. The second-order valence-corrected chi connectivity index (χ2v) is 10.1. The molecule has 1 amide bonds. The van der Waals surface area contributed by atoms with E-state index >= 15 is 0 Å². The summed E-state index contributed by atoms with van der Waals surface area (Å²) in [6.07, 6.45) is 2.69. The monoisotopic (exact) mass is 328 g/mol. The molecular formula is C14H20N2O3S2. The van der Waals surface area contributed by atoms with Crippen molar-refractivity contribution >= 4 is 27.1 Å².